The molecule has 194 valence electrons. The Morgan fingerprint density at radius 2 is 1.71 bits per heavy atom. The Bertz CT molecular complexity index is 706. The number of fused-ring (bicyclic) bond motifs is 5. The highest BCUT2D eigenvalue weighted by molar-refractivity contribution is 5.25. The highest BCUT2D eigenvalue weighted by Crippen LogP contribution is 2.67. The van der Waals surface area contributed by atoms with Gasteiger partial charge in [0.15, 0.2) is 0 Å². The van der Waals surface area contributed by atoms with Crippen molar-refractivity contribution in [2.45, 2.75) is 138 Å². The standard InChI is InChI=1S/C34H58/c1-7-9-13-27(14-10-8-2)15-11-12-26(4)30-18-19-31-29-17-16-28-24-25(3)20-22-33(28,5)32(29)21-23-34(30,31)6/h11-12,16,25-27,29-32H,7-10,13-15,17-24H2,1-6H3/b12-11+/t25-,26+,29-,30+,31-,32-,33-,34+/m0/s1. The summed E-state index contributed by atoms with van der Waals surface area (Å²) in [5, 5.41) is 0. The van der Waals surface area contributed by atoms with Crippen molar-refractivity contribution in [2.75, 3.05) is 0 Å². The molecule has 4 rings (SSSR count). The van der Waals surface area contributed by atoms with Crippen LogP contribution in [-0.4, -0.2) is 0 Å². The topological polar surface area (TPSA) is 0 Å². The summed E-state index contributed by atoms with van der Waals surface area (Å²) in [6, 6.07) is 0. The van der Waals surface area contributed by atoms with Crippen LogP contribution in [0.4, 0.5) is 0 Å². The molecule has 0 aromatic heterocycles. The minimum absolute atomic E-state index is 0.534. The highest BCUT2D eigenvalue weighted by atomic mass is 14.6. The summed E-state index contributed by atoms with van der Waals surface area (Å²) in [7, 11) is 0. The van der Waals surface area contributed by atoms with Crippen LogP contribution in [0.15, 0.2) is 23.8 Å². The Labute approximate surface area is 213 Å². The summed E-state index contributed by atoms with van der Waals surface area (Å²) in [5.41, 5.74) is 2.98. The number of rotatable bonds is 10. The molecule has 0 aromatic carbocycles. The number of allylic oxidation sites excluding steroid dienone is 4. The van der Waals surface area contributed by atoms with Crippen molar-refractivity contribution in [3.05, 3.63) is 23.8 Å². The lowest BCUT2D eigenvalue weighted by molar-refractivity contribution is -0.0486. The zero-order chi connectivity index (χ0) is 24.3. The van der Waals surface area contributed by atoms with Crippen molar-refractivity contribution >= 4 is 0 Å². The SMILES string of the molecule is CCCCC(C/C=C/[C@@H](C)[C@H]1CC[C@H]2[C@@H]3CC=C4C[C@@H](C)CC[C@]4(C)[C@H]3CC[C@]12C)CCCC. The lowest BCUT2D eigenvalue weighted by atomic mass is 9.46. The van der Waals surface area contributed by atoms with Crippen molar-refractivity contribution in [1.29, 1.82) is 0 Å². The van der Waals surface area contributed by atoms with E-state index >= 15 is 0 Å². The third-order valence-electron chi connectivity index (χ3n) is 11.9. The molecule has 3 fully saturated rings. The second-order valence-corrected chi connectivity index (χ2v) is 14.0. The molecule has 0 aromatic rings. The predicted molar refractivity (Wildman–Crippen MR) is 150 cm³/mol. The van der Waals surface area contributed by atoms with E-state index in [2.05, 4.69) is 59.8 Å². The fourth-order valence-corrected chi connectivity index (χ4v) is 9.73. The summed E-state index contributed by atoms with van der Waals surface area (Å²) < 4.78 is 0. The Morgan fingerprint density at radius 3 is 2.41 bits per heavy atom. The lowest BCUT2D eigenvalue weighted by Crippen LogP contribution is -2.50. The van der Waals surface area contributed by atoms with Crippen LogP contribution in [-0.2, 0) is 0 Å². The molecular weight excluding hydrogens is 408 g/mol. The maximum Gasteiger partial charge on any atom is -0.00851 e. The van der Waals surface area contributed by atoms with Crippen molar-refractivity contribution in [2.24, 2.45) is 52.3 Å². The Morgan fingerprint density at radius 1 is 0.971 bits per heavy atom. The molecule has 0 nitrogen and oxygen atoms in total. The summed E-state index contributed by atoms with van der Waals surface area (Å²) in [5.74, 6) is 6.41. The molecule has 0 bridgehead atoms. The summed E-state index contributed by atoms with van der Waals surface area (Å²) in [4.78, 5) is 0. The fraction of sp³-hybridized carbons (Fsp3) is 0.882. The van der Waals surface area contributed by atoms with E-state index in [1.807, 2.05) is 5.57 Å². The van der Waals surface area contributed by atoms with Gasteiger partial charge in [0.05, 0.1) is 0 Å². The molecular formula is C34H58. The van der Waals surface area contributed by atoms with Crippen LogP contribution >= 0.6 is 0 Å². The van der Waals surface area contributed by atoms with Gasteiger partial charge in [-0.1, -0.05) is 104 Å². The summed E-state index contributed by atoms with van der Waals surface area (Å²) >= 11 is 0. The molecule has 0 spiro atoms. The van der Waals surface area contributed by atoms with Gasteiger partial charge >= 0.3 is 0 Å². The van der Waals surface area contributed by atoms with E-state index in [-0.39, 0.29) is 0 Å². The second kappa shape index (κ2) is 11.3. The third-order valence-corrected chi connectivity index (χ3v) is 11.9. The molecule has 0 amide bonds. The van der Waals surface area contributed by atoms with Gasteiger partial charge in [-0.2, -0.15) is 0 Å². The molecule has 4 aliphatic carbocycles. The Hall–Kier alpha value is -0.520. The molecule has 0 heteroatoms. The van der Waals surface area contributed by atoms with Crippen LogP contribution in [0.2, 0.25) is 0 Å². The molecule has 8 atom stereocenters. The van der Waals surface area contributed by atoms with Crippen molar-refractivity contribution < 1.29 is 0 Å². The van der Waals surface area contributed by atoms with Crippen LogP contribution < -0.4 is 0 Å². The average Bonchev–Trinajstić information content (AvgIpc) is 3.18. The Balaban J connectivity index is 1.41. The minimum Gasteiger partial charge on any atom is -0.0880 e. The molecule has 0 radical (unpaired) electrons. The first-order valence-electron chi connectivity index (χ1n) is 15.7. The van der Waals surface area contributed by atoms with Gasteiger partial charge in [-0.05, 0) is 110 Å². The van der Waals surface area contributed by atoms with Gasteiger partial charge in [-0.25, -0.2) is 0 Å². The van der Waals surface area contributed by atoms with E-state index in [1.54, 1.807) is 0 Å². The van der Waals surface area contributed by atoms with Gasteiger partial charge < -0.3 is 0 Å². The van der Waals surface area contributed by atoms with Gasteiger partial charge in [0.1, 0.15) is 0 Å². The molecule has 0 unspecified atom stereocenters. The quantitative estimate of drug-likeness (QED) is 0.281. The van der Waals surface area contributed by atoms with E-state index in [4.69, 9.17) is 0 Å². The number of hydrogen-bond acceptors (Lipinski definition) is 0. The van der Waals surface area contributed by atoms with E-state index in [0.717, 1.165) is 41.4 Å². The lowest BCUT2D eigenvalue weighted by Gasteiger charge is -2.58. The van der Waals surface area contributed by atoms with Crippen LogP contribution in [0.25, 0.3) is 0 Å². The van der Waals surface area contributed by atoms with Crippen molar-refractivity contribution in [3.63, 3.8) is 0 Å². The first-order valence-corrected chi connectivity index (χ1v) is 15.7. The van der Waals surface area contributed by atoms with Crippen LogP contribution in [0.1, 0.15) is 138 Å². The monoisotopic (exact) mass is 466 g/mol. The predicted octanol–water partition coefficient (Wildman–Crippen LogP) is 10.8. The van der Waals surface area contributed by atoms with Crippen LogP contribution in [0.5, 0.6) is 0 Å². The molecule has 4 aliphatic rings. The largest absolute Gasteiger partial charge is 0.0880 e. The number of unbranched alkanes of at least 4 members (excludes halogenated alkanes) is 2. The maximum absolute atomic E-state index is 2.76. The molecule has 0 saturated heterocycles. The zero-order valence-electron chi connectivity index (χ0n) is 23.9. The molecule has 0 heterocycles. The van der Waals surface area contributed by atoms with E-state index in [1.165, 1.54) is 96.3 Å². The van der Waals surface area contributed by atoms with Crippen molar-refractivity contribution in [1.82, 2.24) is 0 Å². The fourth-order valence-electron chi connectivity index (χ4n) is 9.73. The van der Waals surface area contributed by atoms with Gasteiger partial charge in [-0.3, -0.25) is 0 Å². The smallest absolute Gasteiger partial charge is 0.00851 e. The van der Waals surface area contributed by atoms with Crippen LogP contribution in [0.3, 0.4) is 0 Å². The highest BCUT2D eigenvalue weighted by Gasteiger charge is 2.58. The first kappa shape index (κ1) is 26.5. The molecule has 3 saturated carbocycles. The molecule has 0 aliphatic heterocycles. The van der Waals surface area contributed by atoms with E-state index < -0.39 is 0 Å². The van der Waals surface area contributed by atoms with E-state index in [0.29, 0.717) is 10.8 Å². The van der Waals surface area contributed by atoms with E-state index in [9.17, 15) is 0 Å². The normalized spacial score (nSPS) is 40.7. The van der Waals surface area contributed by atoms with Crippen LogP contribution in [0, 0.1) is 52.3 Å². The average molecular weight is 467 g/mol. The molecule has 0 N–H and O–H groups in total. The first-order chi connectivity index (χ1) is 16.3. The van der Waals surface area contributed by atoms with Gasteiger partial charge in [0, 0.05) is 0 Å². The summed E-state index contributed by atoms with van der Waals surface area (Å²) in [6.07, 6.45) is 29.5. The van der Waals surface area contributed by atoms with Crippen molar-refractivity contribution in [3.8, 4) is 0 Å². The molecule has 34 heavy (non-hydrogen) atoms. The van der Waals surface area contributed by atoms with Gasteiger partial charge in [-0.15, -0.1) is 0 Å². The maximum atomic E-state index is 2.76. The Kier molecular flexibility index (Phi) is 8.78. The zero-order valence-corrected chi connectivity index (χ0v) is 23.9. The minimum atomic E-state index is 0.534. The van der Waals surface area contributed by atoms with Gasteiger partial charge in [0.25, 0.3) is 0 Å². The summed E-state index contributed by atoms with van der Waals surface area (Å²) in [6.45, 7) is 15.1. The van der Waals surface area contributed by atoms with Gasteiger partial charge in [0.2, 0.25) is 0 Å². The third kappa shape index (κ3) is 5.13. The number of hydrogen-bond donors (Lipinski definition) is 0. The second-order valence-electron chi connectivity index (χ2n) is 14.0.